The molecule has 0 bridgehead atoms. The highest BCUT2D eigenvalue weighted by molar-refractivity contribution is 6.31. The fraction of sp³-hybridized carbons (Fsp3) is 0.476. The van der Waals surface area contributed by atoms with Gasteiger partial charge in [-0.1, -0.05) is 17.5 Å². The number of ketones is 1. The van der Waals surface area contributed by atoms with Crippen molar-refractivity contribution in [3.8, 4) is 18.1 Å². The molecule has 1 saturated heterocycles. The molecule has 6 nitrogen and oxygen atoms in total. The number of benzene rings is 1. The van der Waals surface area contributed by atoms with Gasteiger partial charge in [-0.05, 0) is 38.5 Å². The molecule has 7 heteroatoms. The Morgan fingerprint density at radius 3 is 2.86 bits per heavy atom. The van der Waals surface area contributed by atoms with Crippen LogP contribution >= 0.6 is 11.6 Å². The molecule has 2 aliphatic rings. The van der Waals surface area contributed by atoms with E-state index in [-0.39, 0.29) is 37.0 Å². The lowest BCUT2D eigenvalue weighted by atomic mass is 9.84. The summed E-state index contributed by atoms with van der Waals surface area (Å²) in [6, 6.07) is 4.98. The molecule has 0 aromatic heterocycles. The Morgan fingerprint density at radius 2 is 2.14 bits per heavy atom. The summed E-state index contributed by atoms with van der Waals surface area (Å²) in [5.74, 6) is 2.50. The Morgan fingerprint density at radius 1 is 1.39 bits per heavy atom. The normalized spacial score (nSPS) is 22.1. The molecule has 1 atom stereocenters. The predicted octanol–water partition coefficient (Wildman–Crippen LogP) is 2.58. The molecule has 1 aromatic rings. The maximum atomic E-state index is 12.6. The van der Waals surface area contributed by atoms with E-state index >= 15 is 0 Å². The van der Waals surface area contributed by atoms with Gasteiger partial charge in [0.15, 0.2) is 5.78 Å². The SMILES string of the molecule is C#CC(C)(C)NC(=O)CN1CCC2(CCC1=O)CC(=O)c1cc(Cl)ccc1O2. The van der Waals surface area contributed by atoms with E-state index in [0.29, 0.717) is 35.7 Å². The third-order valence-electron chi connectivity index (χ3n) is 5.18. The van der Waals surface area contributed by atoms with Gasteiger partial charge < -0.3 is 15.0 Å². The van der Waals surface area contributed by atoms with Crippen LogP contribution in [0.15, 0.2) is 18.2 Å². The maximum absolute atomic E-state index is 12.6. The zero-order valence-corrected chi connectivity index (χ0v) is 16.8. The molecule has 1 fully saturated rings. The maximum Gasteiger partial charge on any atom is 0.240 e. The van der Waals surface area contributed by atoms with Crippen molar-refractivity contribution in [2.75, 3.05) is 13.1 Å². The number of ether oxygens (including phenoxy) is 1. The van der Waals surface area contributed by atoms with Crippen LogP contribution in [-0.2, 0) is 9.59 Å². The van der Waals surface area contributed by atoms with Crippen LogP contribution in [0.1, 0.15) is 49.9 Å². The zero-order valence-electron chi connectivity index (χ0n) is 16.0. The van der Waals surface area contributed by atoms with Crippen molar-refractivity contribution in [1.29, 1.82) is 0 Å². The number of nitrogens with zero attached hydrogens (tertiary/aromatic N) is 1. The van der Waals surface area contributed by atoms with Gasteiger partial charge in [-0.2, -0.15) is 0 Å². The molecule has 2 amide bonds. The summed E-state index contributed by atoms with van der Waals surface area (Å²) in [4.78, 5) is 38.9. The number of carbonyl (C=O) groups is 3. The van der Waals surface area contributed by atoms with Gasteiger partial charge in [0.1, 0.15) is 11.4 Å². The van der Waals surface area contributed by atoms with Crippen LogP contribution in [0.5, 0.6) is 5.75 Å². The Kier molecular flexibility index (Phi) is 5.40. The summed E-state index contributed by atoms with van der Waals surface area (Å²) in [7, 11) is 0. The number of hydrogen-bond acceptors (Lipinski definition) is 4. The highest BCUT2D eigenvalue weighted by Crippen LogP contribution is 2.40. The van der Waals surface area contributed by atoms with Crippen molar-refractivity contribution < 1.29 is 19.1 Å². The van der Waals surface area contributed by atoms with E-state index < -0.39 is 11.1 Å². The van der Waals surface area contributed by atoms with Crippen LogP contribution in [-0.4, -0.2) is 46.7 Å². The second kappa shape index (κ2) is 7.48. The van der Waals surface area contributed by atoms with Crippen LogP contribution in [0.4, 0.5) is 0 Å². The lowest BCUT2D eigenvalue weighted by Crippen LogP contribution is -2.48. The van der Waals surface area contributed by atoms with E-state index in [9.17, 15) is 14.4 Å². The number of carbonyl (C=O) groups excluding carboxylic acids is 3. The van der Waals surface area contributed by atoms with Gasteiger partial charge >= 0.3 is 0 Å². The number of halogens is 1. The molecule has 1 unspecified atom stereocenters. The lowest BCUT2D eigenvalue weighted by Gasteiger charge is -2.37. The molecule has 148 valence electrons. The van der Waals surface area contributed by atoms with E-state index in [4.69, 9.17) is 22.8 Å². The smallest absolute Gasteiger partial charge is 0.240 e. The fourth-order valence-corrected chi connectivity index (χ4v) is 3.76. The lowest BCUT2D eigenvalue weighted by molar-refractivity contribution is -0.136. The average molecular weight is 403 g/mol. The fourth-order valence-electron chi connectivity index (χ4n) is 3.59. The van der Waals surface area contributed by atoms with Gasteiger partial charge in [0, 0.05) is 24.4 Å². The van der Waals surface area contributed by atoms with Gasteiger partial charge in [0.05, 0.1) is 24.1 Å². The minimum absolute atomic E-state index is 0.0434. The summed E-state index contributed by atoms with van der Waals surface area (Å²) in [5.41, 5.74) is -1.05. The molecule has 28 heavy (non-hydrogen) atoms. The van der Waals surface area contributed by atoms with E-state index in [1.807, 2.05) is 0 Å². The number of rotatable bonds is 3. The molecular weight excluding hydrogens is 380 g/mol. The first kappa shape index (κ1) is 20.2. The van der Waals surface area contributed by atoms with E-state index in [1.54, 1.807) is 32.0 Å². The number of Topliss-reactive ketones (excluding diaryl/α,β-unsaturated/α-hetero) is 1. The molecular formula is C21H23ClN2O4. The average Bonchev–Trinajstić information content (AvgIpc) is 2.76. The van der Waals surface area contributed by atoms with Crippen LogP contribution in [0.25, 0.3) is 0 Å². The zero-order chi connectivity index (χ0) is 20.5. The quantitative estimate of drug-likeness (QED) is 0.788. The number of amides is 2. The number of nitrogens with one attached hydrogen (secondary N) is 1. The topological polar surface area (TPSA) is 75.7 Å². The standard InChI is InChI=1S/C21H23ClN2O4/c1-4-20(2,3)23-18(26)13-24-10-9-21(8-7-19(24)27)12-16(25)15-11-14(22)5-6-17(15)28-21/h1,5-6,11H,7-10,12-13H2,2-3H3,(H,23,26). The van der Waals surface area contributed by atoms with Crippen molar-refractivity contribution in [1.82, 2.24) is 10.2 Å². The third kappa shape index (κ3) is 4.31. The minimum atomic E-state index is -0.781. The molecule has 0 saturated carbocycles. The first-order chi connectivity index (χ1) is 13.1. The molecule has 3 rings (SSSR count). The molecule has 0 aliphatic carbocycles. The Bertz CT molecular complexity index is 874. The highest BCUT2D eigenvalue weighted by Gasteiger charge is 2.43. The Hall–Kier alpha value is -2.52. The van der Waals surface area contributed by atoms with Crippen LogP contribution in [0.3, 0.4) is 0 Å². The van der Waals surface area contributed by atoms with Crippen molar-refractivity contribution >= 4 is 29.2 Å². The molecule has 0 radical (unpaired) electrons. The number of hydrogen-bond donors (Lipinski definition) is 1. The second-order valence-corrected chi connectivity index (χ2v) is 8.34. The predicted molar refractivity (Wildman–Crippen MR) is 105 cm³/mol. The van der Waals surface area contributed by atoms with Gasteiger partial charge in [-0.3, -0.25) is 14.4 Å². The molecule has 2 heterocycles. The van der Waals surface area contributed by atoms with Gasteiger partial charge in [0.2, 0.25) is 11.8 Å². The van der Waals surface area contributed by atoms with Crippen LogP contribution < -0.4 is 10.1 Å². The monoisotopic (exact) mass is 402 g/mol. The van der Waals surface area contributed by atoms with Gasteiger partial charge in [0.25, 0.3) is 0 Å². The van der Waals surface area contributed by atoms with Crippen molar-refractivity contribution in [2.24, 2.45) is 0 Å². The van der Waals surface area contributed by atoms with E-state index in [1.165, 1.54) is 4.90 Å². The highest BCUT2D eigenvalue weighted by atomic mass is 35.5. The van der Waals surface area contributed by atoms with E-state index in [2.05, 4.69) is 11.2 Å². The Balaban J connectivity index is 1.71. The van der Waals surface area contributed by atoms with Crippen molar-refractivity contribution in [3.05, 3.63) is 28.8 Å². The van der Waals surface area contributed by atoms with Gasteiger partial charge in [-0.25, -0.2) is 0 Å². The molecule has 2 aliphatic heterocycles. The third-order valence-corrected chi connectivity index (χ3v) is 5.42. The van der Waals surface area contributed by atoms with E-state index in [0.717, 1.165) is 0 Å². The minimum Gasteiger partial charge on any atom is -0.486 e. The van der Waals surface area contributed by atoms with Crippen LogP contribution in [0, 0.1) is 12.3 Å². The number of fused-ring (bicyclic) bond motifs is 1. The summed E-state index contributed by atoms with van der Waals surface area (Å²) in [6.07, 6.45) is 6.69. The Labute approximate surface area is 169 Å². The molecule has 1 aromatic carbocycles. The van der Waals surface area contributed by atoms with Crippen molar-refractivity contribution in [2.45, 2.75) is 50.7 Å². The van der Waals surface area contributed by atoms with Gasteiger partial charge in [-0.15, -0.1) is 6.42 Å². The summed E-state index contributed by atoms with van der Waals surface area (Å²) in [6.45, 7) is 3.70. The first-order valence-corrected chi connectivity index (χ1v) is 9.59. The first-order valence-electron chi connectivity index (χ1n) is 9.21. The van der Waals surface area contributed by atoms with Crippen molar-refractivity contribution in [3.63, 3.8) is 0 Å². The second-order valence-electron chi connectivity index (χ2n) is 7.91. The number of likely N-dealkylation sites (tertiary alicyclic amines) is 1. The number of terminal acetylenes is 1. The molecule has 1 spiro atoms. The molecule has 1 N–H and O–H groups in total. The summed E-state index contributed by atoms with van der Waals surface area (Å²) >= 11 is 5.98. The largest absolute Gasteiger partial charge is 0.486 e. The van der Waals surface area contributed by atoms with Crippen LogP contribution in [0.2, 0.25) is 5.02 Å². The summed E-state index contributed by atoms with van der Waals surface area (Å²) in [5, 5.41) is 3.21. The summed E-state index contributed by atoms with van der Waals surface area (Å²) < 4.78 is 6.18.